The third-order valence-electron chi connectivity index (χ3n) is 4.30. The molecule has 0 bridgehead atoms. The molecule has 3 rings (SSSR count). The second kappa shape index (κ2) is 10.1. The smallest absolute Gasteiger partial charge is 0.338 e. The maximum atomic E-state index is 12.3. The van der Waals surface area contributed by atoms with Crippen molar-refractivity contribution in [2.45, 2.75) is 26.2 Å². The molecule has 0 heterocycles. The number of carbonyl (C=O) groups is 2. The molecule has 0 spiro atoms. The highest BCUT2D eigenvalue weighted by Gasteiger charge is 2.18. The van der Waals surface area contributed by atoms with Gasteiger partial charge in [-0.05, 0) is 42.3 Å². The van der Waals surface area contributed by atoms with E-state index in [9.17, 15) is 9.59 Å². The SMILES string of the molecule is C[C@@H](OC(=O)c1ccc(OCc2ccccc2)cc1)C(=O)NCc1ccccc1. The first kappa shape index (κ1) is 20.1. The third kappa shape index (κ3) is 6.21. The van der Waals surface area contributed by atoms with Crippen molar-refractivity contribution in [3.63, 3.8) is 0 Å². The van der Waals surface area contributed by atoms with Crippen LogP contribution in [0.5, 0.6) is 5.75 Å². The van der Waals surface area contributed by atoms with Crippen molar-refractivity contribution >= 4 is 11.9 Å². The zero-order valence-electron chi connectivity index (χ0n) is 16.2. The summed E-state index contributed by atoms with van der Waals surface area (Å²) in [7, 11) is 0. The van der Waals surface area contributed by atoms with E-state index in [1.807, 2.05) is 60.7 Å². The number of rotatable bonds is 8. The number of esters is 1. The van der Waals surface area contributed by atoms with E-state index in [0.29, 0.717) is 24.5 Å². The van der Waals surface area contributed by atoms with E-state index in [4.69, 9.17) is 9.47 Å². The summed E-state index contributed by atoms with van der Waals surface area (Å²) in [5.41, 5.74) is 2.40. The summed E-state index contributed by atoms with van der Waals surface area (Å²) in [4.78, 5) is 24.4. The fraction of sp³-hybridized carbons (Fsp3) is 0.167. The Bertz CT molecular complexity index is 924. The van der Waals surface area contributed by atoms with Crippen LogP contribution in [-0.4, -0.2) is 18.0 Å². The normalized spacial score (nSPS) is 11.3. The minimum absolute atomic E-state index is 0.343. The van der Waals surface area contributed by atoms with Crippen LogP contribution in [0.25, 0.3) is 0 Å². The molecule has 5 heteroatoms. The van der Waals surface area contributed by atoms with E-state index in [-0.39, 0.29) is 5.91 Å². The Morgan fingerprint density at radius 1 is 0.828 bits per heavy atom. The van der Waals surface area contributed by atoms with Crippen molar-refractivity contribution in [2.75, 3.05) is 0 Å². The van der Waals surface area contributed by atoms with Crippen LogP contribution in [0.15, 0.2) is 84.9 Å². The molecule has 0 saturated carbocycles. The van der Waals surface area contributed by atoms with Gasteiger partial charge >= 0.3 is 5.97 Å². The lowest BCUT2D eigenvalue weighted by Gasteiger charge is -2.14. The lowest BCUT2D eigenvalue weighted by Crippen LogP contribution is -2.35. The highest BCUT2D eigenvalue weighted by Crippen LogP contribution is 2.15. The first-order valence-electron chi connectivity index (χ1n) is 9.41. The van der Waals surface area contributed by atoms with Gasteiger partial charge in [0, 0.05) is 6.54 Å². The molecule has 0 saturated heterocycles. The van der Waals surface area contributed by atoms with Gasteiger partial charge in [-0.15, -0.1) is 0 Å². The van der Waals surface area contributed by atoms with Crippen LogP contribution >= 0.6 is 0 Å². The quantitative estimate of drug-likeness (QED) is 0.589. The predicted octanol–water partition coefficient (Wildman–Crippen LogP) is 4.13. The van der Waals surface area contributed by atoms with Crippen LogP contribution in [0.2, 0.25) is 0 Å². The maximum Gasteiger partial charge on any atom is 0.338 e. The largest absolute Gasteiger partial charge is 0.489 e. The minimum Gasteiger partial charge on any atom is -0.489 e. The first-order chi connectivity index (χ1) is 14.1. The average Bonchev–Trinajstić information content (AvgIpc) is 2.77. The summed E-state index contributed by atoms with van der Waals surface area (Å²) in [6.07, 6.45) is -0.889. The summed E-state index contributed by atoms with van der Waals surface area (Å²) in [6, 6.07) is 26.0. The van der Waals surface area contributed by atoms with Gasteiger partial charge in [-0.2, -0.15) is 0 Å². The molecule has 3 aromatic rings. The highest BCUT2D eigenvalue weighted by molar-refractivity contribution is 5.92. The molecule has 3 aromatic carbocycles. The molecule has 0 aliphatic carbocycles. The number of carbonyl (C=O) groups excluding carboxylic acids is 2. The highest BCUT2D eigenvalue weighted by atomic mass is 16.5. The van der Waals surface area contributed by atoms with Gasteiger partial charge in [0.15, 0.2) is 6.10 Å². The van der Waals surface area contributed by atoms with Crippen LogP contribution in [0.3, 0.4) is 0 Å². The number of hydrogen-bond donors (Lipinski definition) is 1. The van der Waals surface area contributed by atoms with Crippen molar-refractivity contribution < 1.29 is 19.1 Å². The molecule has 0 fully saturated rings. The summed E-state index contributed by atoms with van der Waals surface area (Å²) >= 11 is 0. The lowest BCUT2D eigenvalue weighted by molar-refractivity contribution is -0.129. The van der Waals surface area contributed by atoms with E-state index in [2.05, 4.69) is 5.32 Å². The lowest BCUT2D eigenvalue weighted by atomic mass is 10.2. The molecule has 1 amide bonds. The molecule has 0 aliphatic heterocycles. The van der Waals surface area contributed by atoms with E-state index >= 15 is 0 Å². The van der Waals surface area contributed by atoms with Gasteiger partial charge in [0.05, 0.1) is 5.56 Å². The van der Waals surface area contributed by atoms with Crippen molar-refractivity contribution in [3.05, 3.63) is 102 Å². The fourth-order valence-corrected chi connectivity index (χ4v) is 2.64. The van der Waals surface area contributed by atoms with Crippen molar-refractivity contribution in [2.24, 2.45) is 0 Å². The number of benzene rings is 3. The van der Waals surface area contributed by atoms with Crippen LogP contribution in [0.4, 0.5) is 0 Å². The van der Waals surface area contributed by atoms with E-state index in [0.717, 1.165) is 11.1 Å². The zero-order chi connectivity index (χ0) is 20.5. The molecular weight excluding hydrogens is 366 g/mol. The molecule has 0 aliphatic rings. The van der Waals surface area contributed by atoms with Gasteiger partial charge in [-0.3, -0.25) is 4.79 Å². The summed E-state index contributed by atoms with van der Waals surface area (Å²) in [5.74, 6) is -0.244. The molecule has 0 radical (unpaired) electrons. The monoisotopic (exact) mass is 389 g/mol. The molecular formula is C24H23NO4. The minimum atomic E-state index is -0.889. The Morgan fingerprint density at radius 3 is 2.03 bits per heavy atom. The fourth-order valence-electron chi connectivity index (χ4n) is 2.64. The molecule has 0 aromatic heterocycles. The van der Waals surface area contributed by atoms with Gasteiger partial charge < -0.3 is 14.8 Å². The molecule has 5 nitrogen and oxygen atoms in total. The van der Waals surface area contributed by atoms with E-state index in [1.165, 1.54) is 0 Å². The first-order valence-corrected chi connectivity index (χ1v) is 9.41. The van der Waals surface area contributed by atoms with Crippen molar-refractivity contribution in [1.29, 1.82) is 0 Å². The topological polar surface area (TPSA) is 64.6 Å². The number of ether oxygens (including phenoxy) is 2. The predicted molar refractivity (Wildman–Crippen MR) is 110 cm³/mol. The van der Waals surface area contributed by atoms with Crippen LogP contribution in [0.1, 0.15) is 28.4 Å². The Labute approximate surface area is 170 Å². The van der Waals surface area contributed by atoms with Crippen LogP contribution in [0, 0.1) is 0 Å². The van der Waals surface area contributed by atoms with Gasteiger partial charge in [-0.1, -0.05) is 60.7 Å². The maximum absolute atomic E-state index is 12.3. The number of hydrogen-bond acceptors (Lipinski definition) is 4. The molecule has 0 unspecified atom stereocenters. The van der Waals surface area contributed by atoms with E-state index in [1.54, 1.807) is 31.2 Å². The summed E-state index contributed by atoms with van der Waals surface area (Å²) in [5, 5.41) is 2.76. The Kier molecular flexibility index (Phi) is 7.00. The van der Waals surface area contributed by atoms with Crippen molar-refractivity contribution in [1.82, 2.24) is 5.32 Å². The Morgan fingerprint density at radius 2 is 1.41 bits per heavy atom. The molecule has 148 valence electrons. The average molecular weight is 389 g/mol. The van der Waals surface area contributed by atoms with Gasteiger partial charge in [0.2, 0.25) is 0 Å². The number of amides is 1. The standard InChI is InChI=1S/C24H23NO4/c1-18(23(26)25-16-19-8-4-2-5-9-19)29-24(27)21-12-14-22(15-13-21)28-17-20-10-6-3-7-11-20/h2-15,18H,16-17H2,1H3,(H,25,26)/t18-/m1/s1. The second-order valence-corrected chi connectivity index (χ2v) is 6.55. The van der Waals surface area contributed by atoms with Crippen LogP contribution in [-0.2, 0) is 22.7 Å². The molecule has 1 atom stereocenters. The second-order valence-electron chi connectivity index (χ2n) is 6.55. The zero-order valence-corrected chi connectivity index (χ0v) is 16.2. The van der Waals surface area contributed by atoms with Crippen LogP contribution < -0.4 is 10.1 Å². The summed E-state index contributed by atoms with van der Waals surface area (Å²) in [6.45, 7) is 2.38. The van der Waals surface area contributed by atoms with Gasteiger partial charge in [0.25, 0.3) is 5.91 Å². The van der Waals surface area contributed by atoms with Crippen molar-refractivity contribution in [3.8, 4) is 5.75 Å². The van der Waals surface area contributed by atoms with E-state index < -0.39 is 12.1 Å². The van der Waals surface area contributed by atoms with Gasteiger partial charge in [-0.25, -0.2) is 4.79 Å². The van der Waals surface area contributed by atoms with Gasteiger partial charge in [0.1, 0.15) is 12.4 Å². The molecule has 1 N–H and O–H groups in total. The number of nitrogens with one attached hydrogen (secondary N) is 1. The third-order valence-corrected chi connectivity index (χ3v) is 4.30. The Hall–Kier alpha value is -3.60. The molecule has 29 heavy (non-hydrogen) atoms. The Balaban J connectivity index is 1.47. The summed E-state index contributed by atoms with van der Waals surface area (Å²) < 4.78 is 11.0.